The van der Waals surface area contributed by atoms with Gasteiger partial charge in [0, 0.05) is 10.7 Å². The molecule has 1 aromatic heterocycles. The fraction of sp³-hybridized carbons (Fsp3) is 0.111. The summed E-state index contributed by atoms with van der Waals surface area (Å²) in [5.41, 5.74) is 2.75. The second kappa shape index (κ2) is 6.76. The fourth-order valence-electron chi connectivity index (χ4n) is 2.38. The summed E-state index contributed by atoms with van der Waals surface area (Å²) in [4.78, 5) is 12.5. The van der Waals surface area contributed by atoms with Gasteiger partial charge in [-0.1, -0.05) is 17.7 Å². The molecule has 0 bridgehead atoms. The zero-order chi connectivity index (χ0) is 17.1. The molecule has 6 heteroatoms. The van der Waals surface area contributed by atoms with Gasteiger partial charge in [-0.2, -0.15) is 5.10 Å². The fourth-order valence-corrected chi connectivity index (χ4v) is 2.57. The van der Waals surface area contributed by atoms with Gasteiger partial charge in [-0.25, -0.2) is 4.68 Å². The normalized spacial score (nSPS) is 10.5. The summed E-state index contributed by atoms with van der Waals surface area (Å²) in [6.07, 6.45) is 1.56. The van der Waals surface area contributed by atoms with Gasteiger partial charge in [0.1, 0.15) is 5.75 Å². The predicted molar refractivity (Wildman–Crippen MR) is 94.3 cm³/mol. The number of hydrogen-bond donors (Lipinski definition) is 1. The Balaban J connectivity index is 1.84. The highest BCUT2D eigenvalue weighted by molar-refractivity contribution is 6.31. The number of ether oxygens (including phenoxy) is 1. The number of methoxy groups -OCH3 is 1. The third-order valence-electron chi connectivity index (χ3n) is 3.65. The summed E-state index contributed by atoms with van der Waals surface area (Å²) in [5, 5.41) is 7.70. The van der Waals surface area contributed by atoms with E-state index in [0.29, 0.717) is 16.3 Å². The minimum atomic E-state index is -0.227. The first-order chi connectivity index (χ1) is 11.6. The number of hydrogen-bond acceptors (Lipinski definition) is 3. The average molecular weight is 342 g/mol. The first-order valence-electron chi connectivity index (χ1n) is 7.34. The van der Waals surface area contributed by atoms with Gasteiger partial charge in [0.2, 0.25) is 0 Å². The molecule has 0 saturated carbocycles. The summed E-state index contributed by atoms with van der Waals surface area (Å²) in [5.74, 6) is 0.539. The molecule has 24 heavy (non-hydrogen) atoms. The van der Waals surface area contributed by atoms with E-state index in [1.807, 2.05) is 31.2 Å². The van der Waals surface area contributed by atoms with Crippen LogP contribution in [0.2, 0.25) is 5.02 Å². The van der Waals surface area contributed by atoms with Crippen molar-refractivity contribution in [1.29, 1.82) is 0 Å². The van der Waals surface area contributed by atoms with E-state index < -0.39 is 0 Å². The Morgan fingerprint density at radius 3 is 2.62 bits per heavy atom. The van der Waals surface area contributed by atoms with E-state index in [4.69, 9.17) is 16.3 Å². The van der Waals surface area contributed by atoms with Crippen molar-refractivity contribution in [3.63, 3.8) is 0 Å². The molecular formula is C18H16ClN3O2. The van der Waals surface area contributed by atoms with Crippen molar-refractivity contribution < 1.29 is 9.53 Å². The second-order valence-electron chi connectivity index (χ2n) is 5.22. The van der Waals surface area contributed by atoms with Gasteiger partial charge in [0.15, 0.2) is 0 Å². The Hall–Kier alpha value is -2.79. The highest BCUT2D eigenvalue weighted by Crippen LogP contribution is 2.20. The molecular weight excluding hydrogens is 326 g/mol. The minimum absolute atomic E-state index is 0.227. The summed E-state index contributed by atoms with van der Waals surface area (Å²) in [7, 11) is 1.62. The molecule has 0 aliphatic rings. The van der Waals surface area contributed by atoms with Gasteiger partial charge in [-0.15, -0.1) is 0 Å². The molecule has 1 N–H and O–H groups in total. The lowest BCUT2D eigenvalue weighted by atomic mass is 10.2. The maximum Gasteiger partial charge on any atom is 0.259 e. The van der Waals surface area contributed by atoms with E-state index in [2.05, 4.69) is 10.4 Å². The molecule has 0 radical (unpaired) electrons. The van der Waals surface area contributed by atoms with Crippen molar-refractivity contribution in [3.05, 3.63) is 71.0 Å². The molecule has 122 valence electrons. The molecule has 0 fully saturated rings. The van der Waals surface area contributed by atoms with Crippen molar-refractivity contribution >= 4 is 23.2 Å². The van der Waals surface area contributed by atoms with Gasteiger partial charge in [-0.05, 0) is 49.4 Å². The molecule has 0 spiro atoms. The zero-order valence-corrected chi connectivity index (χ0v) is 14.0. The molecule has 1 heterocycles. The molecule has 0 aliphatic carbocycles. The lowest BCUT2D eigenvalue weighted by molar-refractivity contribution is 0.102. The van der Waals surface area contributed by atoms with Crippen LogP contribution in [0.3, 0.4) is 0 Å². The monoisotopic (exact) mass is 341 g/mol. The standard InChI is InChI=1S/C18H16ClN3O2/c1-12-17(18(23)21-14-5-3-4-13(19)10-14)11-20-22(12)15-6-8-16(24-2)9-7-15/h3-11H,1-2H3,(H,21,23). The molecule has 3 aromatic rings. The summed E-state index contributed by atoms with van der Waals surface area (Å²) in [6, 6.07) is 14.5. The molecule has 0 aliphatic heterocycles. The Labute approximate surface area is 144 Å². The Bertz CT molecular complexity index is 872. The Morgan fingerprint density at radius 2 is 1.96 bits per heavy atom. The first kappa shape index (κ1) is 16.1. The number of rotatable bonds is 4. The summed E-state index contributed by atoms with van der Waals surface area (Å²) < 4.78 is 6.86. The van der Waals surface area contributed by atoms with E-state index in [1.54, 1.807) is 42.3 Å². The third kappa shape index (κ3) is 3.26. The van der Waals surface area contributed by atoms with Crippen LogP contribution in [0.5, 0.6) is 5.75 Å². The zero-order valence-electron chi connectivity index (χ0n) is 13.3. The van der Waals surface area contributed by atoms with E-state index in [0.717, 1.165) is 17.1 Å². The van der Waals surface area contributed by atoms with E-state index in [1.165, 1.54) is 0 Å². The van der Waals surface area contributed by atoms with Crippen LogP contribution in [0.1, 0.15) is 16.1 Å². The van der Waals surface area contributed by atoms with Crippen LogP contribution in [0, 0.1) is 6.92 Å². The Morgan fingerprint density at radius 1 is 1.21 bits per heavy atom. The number of nitrogens with zero attached hydrogens (tertiary/aromatic N) is 2. The smallest absolute Gasteiger partial charge is 0.259 e. The molecule has 1 amide bonds. The van der Waals surface area contributed by atoms with Crippen LogP contribution in [0.15, 0.2) is 54.7 Å². The summed E-state index contributed by atoms with van der Waals surface area (Å²) in [6.45, 7) is 1.85. The quantitative estimate of drug-likeness (QED) is 0.777. The number of aromatic nitrogens is 2. The minimum Gasteiger partial charge on any atom is -0.497 e. The lowest BCUT2D eigenvalue weighted by Crippen LogP contribution is -2.13. The van der Waals surface area contributed by atoms with Crippen LogP contribution in [-0.2, 0) is 0 Å². The topological polar surface area (TPSA) is 56.2 Å². The maximum atomic E-state index is 12.5. The maximum absolute atomic E-state index is 12.5. The molecule has 2 aromatic carbocycles. The van der Waals surface area contributed by atoms with Crippen LogP contribution in [0.4, 0.5) is 5.69 Å². The van der Waals surface area contributed by atoms with Gasteiger partial charge >= 0.3 is 0 Å². The molecule has 0 atom stereocenters. The number of nitrogens with one attached hydrogen (secondary N) is 1. The van der Waals surface area contributed by atoms with Crippen molar-refractivity contribution in [1.82, 2.24) is 9.78 Å². The average Bonchev–Trinajstić information content (AvgIpc) is 2.96. The Kier molecular flexibility index (Phi) is 4.53. The second-order valence-corrected chi connectivity index (χ2v) is 5.65. The van der Waals surface area contributed by atoms with Crippen LogP contribution < -0.4 is 10.1 Å². The highest BCUT2D eigenvalue weighted by Gasteiger charge is 2.15. The number of anilines is 1. The molecule has 5 nitrogen and oxygen atoms in total. The van der Waals surface area contributed by atoms with Crippen molar-refractivity contribution in [2.75, 3.05) is 12.4 Å². The van der Waals surface area contributed by atoms with Crippen LogP contribution >= 0.6 is 11.6 Å². The highest BCUT2D eigenvalue weighted by atomic mass is 35.5. The van der Waals surface area contributed by atoms with Crippen molar-refractivity contribution in [3.8, 4) is 11.4 Å². The van der Waals surface area contributed by atoms with Gasteiger partial charge < -0.3 is 10.1 Å². The number of carbonyl (C=O) groups excluding carboxylic acids is 1. The van der Waals surface area contributed by atoms with Crippen molar-refractivity contribution in [2.24, 2.45) is 0 Å². The van der Waals surface area contributed by atoms with Crippen LogP contribution in [-0.4, -0.2) is 22.8 Å². The van der Waals surface area contributed by atoms with E-state index in [-0.39, 0.29) is 5.91 Å². The molecule has 0 saturated heterocycles. The summed E-state index contributed by atoms with van der Waals surface area (Å²) >= 11 is 5.94. The number of benzene rings is 2. The van der Waals surface area contributed by atoms with E-state index in [9.17, 15) is 4.79 Å². The van der Waals surface area contributed by atoms with Crippen molar-refractivity contribution in [2.45, 2.75) is 6.92 Å². The molecule has 3 rings (SSSR count). The predicted octanol–water partition coefficient (Wildman–Crippen LogP) is 4.10. The third-order valence-corrected chi connectivity index (χ3v) is 3.89. The largest absolute Gasteiger partial charge is 0.497 e. The van der Waals surface area contributed by atoms with E-state index >= 15 is 0 Å². The van der Waals surface area contributed by atoms with Gasteiger partial charge in [-0.3, -0.25) is 4.79 Å². The molecule has 0 unspecified atom stereocenters. The van der Waals surface area contributed by atoms with Gasteiger partial charge in [0.05, 0.1) is 30.3 Å². The number of amides is 1. The van der Waals surface area contributed by atoms with Gasteiger partial charge in [0.25, 0.3) is 5.91 Å². The number of carbonyl (C=O) groups is 1. The van der Waals surface area contributed by atoms with Crippen LogP contribution in [0.25, 0.3) is 5.69 Å². The number of halogens is 1. The first-order valence-corrected chi connectivity index (χ1v) is 7.72. The SMILES string of the molecule is COc1ccc(-n2ncc(C(=O)Nc3cccc(Cl)c3)c2C)cc1. The lowest BCUT2D eigenvalue weighted by Gasteiger charge is -2.07.